The quantitative estimate of drug-likeness (QED) is 0.458. The van der Waals surface area contributed by atoms with Crippen molar-refractivity contribution in [3.63, 3.8) is 0 Å². The average molecular weight is 530 g/mol. The Morgan fingerprint density at radius 1 is 1.05 bits per heavy atom. The minimum atomic E-state index is -0.866. The minimum Gasteiger partial charge on any atom is -0.400 e. The van der Waals surface area contributed by atoms with Crippen LogP contribution in [0.25, 0.3) is 17.1 Å². The molecule has 8 nitrogen and oxygen atoms in total. The van der Waals surface area contributed by atoms with Crippen LogP contribution in [0.15, 0.2) is 36.0 Å². The number of hydrogen-bond donors (Lipinski definition) is 3. The summed E-state index contributed by atoms with van der Waals surface area (Å²) in [5.41, 5.74) is 8.82. The van der Waals surface area contributed by atoms with Crippen LogP contribution in [0, 0.1) is 11.6 Å². The maximum absolute atomic E-state index is 13.9. The van der Waals surface area contributed by atoms with Crippen LogP contribution in [0.3, 0.4) is 0 Å². The van der Waals surface area contributed by atoms with E-state index in [9.17, 15) is 13.9 Å². The molecule has 5 rings (SSSR count). The first-order valence-electron chi connectivity index (χ1n) is 12.7. The Kier molecular flexibility index (Phi) is 10.5. The molecule has 0 atom stereocenters. The Balaban J connectivity index is 0.000000504. The van der Waals surface area contributed by atoms with E-state index < -0.39 is 17.2 Å². The molecule has 0 spiro atoms. The molecule has 4 heterocycles. The van der Waals surface area contributed by atoms with Crippen molar-refractivity contribution in [3.8, 4) is 0 Å². The SMILES string of the molecule is C1CCOC1.CC(C)(O)Cc1cc2nc(N)c(N3CCC(=Cc4ccc(F)cc4F)CC3)nc2cn1.CO. The van der Waals surface area contributed by atoms with Crippen LogP contribution < -0.4 is 10.6 Å². The molecule has 1 aromatic carbocycles. The minimum absolute atomic E-state index is 0.338. The van der Waals surface area contributed by atoms with Gasteiger partial charge in [0.05, 0.1) is 17.3 Å². The topological polar surface area (TPSA) is 118 Å². The highest BCUT2D eigenvalue weighted by Gasteiger charge is 2.20. The number of nitrogen functional groups attached to an aromatic ring is 1. The number of aromatic nitrogens is 3. The van der Waals surface area contributed by atoms with Crippen molar-refractivity contribution in [2.24, 2.45) is 0 Å². The summed E-state index contributed by atoms with van der Waals surface area (Å²) < 4.78 is 32.0. The van der Waals surface area contributed by atoms with Crippen LogP contribution >= 0.6 is 0 Å². The molecule has 0 saturated carbocycles. The predicted octanol–water partition coefficient (Wildman–Crippen LogP) is 4.29. The van der Waals surface area contributed by atoms with Crippen LogP contribution in [0.2, 0.25) is 0 Å². The Bertz CT molecular complexity index is 1230. The molecule has 0 radical (unpaired) electrons. The molecular weight excluding hydrogens is 492 g/mol. The molecule has 3 aromatic rings. The van der Waals surface area contributed by atoms with Crippen molar-refractivity contribution in [1.82, 2.24) is 15.0 Å². The van der Waals surface area contributed by atoms with Gasteiger partial charge in [-0.2, -0.15) is 0 Å². The molecule has 4 N–H and O–H groups in total. The monoisotopic (exact) mass is 529 g/mol. The second kappa shape index (κ2) is 13.5. The predicted molar refractivity (Wildman–Crippen MR) is 146 cm³/mol. The van der Waals surface area contributed by atoms with E-state index in [0.717, 1.165) is 50.5 Å². The number of fused-ring (bicyclic) bond motifs is 1. The Hall–Kier alpha value is -3.21. The number of aliphatic hydroxyl groups excluding tert-OH is 1. The fourth-order valence-electron chi connectivity index (χ4n) is 4.28. The molecule has 38 heavy (non-hydrogen) atoms. The van der Waals surface area contributed by atoms with E-state index in [4.69, 9.17) is 15.6 Å². The van der Waals surface area contributed by atoms with Crippen molar-refractivity contribution in [1.29, 1.82) is 0 Å². The van der Waals surface area contributed by atoms with Gasteiger partial charge >= 0.3 is 0 Å². The second-order valence-electron chi connectivity index (χ2n) is 9.86. The van der Waals surface area contributed by atoms with Crippen molar-refractivity contribution in [3.05, 3.63) is 58.9 Å². The third-order valence-corrected chi connectivity index (χ3v) is 6.08. The highest BCUT2D eigenvalue weighted by atomic mass is 19.1. The Morgan fingerprint density at radius 2 is 1.74 bits per heavy atom. The number of aliphatic hydroxyl groups is 2. The molecule has 2 fully saturated rings. The summed E-state index contributed by atoms with van der Waals surface area (Å²) >= 11 is 0. The molecule has 206 valence electrons. The smallest absolute Gasteiger partial charge is 0.172 e. The van der Waals surface area contributed by atoms with Gasteiger partial charge in [-0.25, -0.2) is 18.7 Å². The number of hydrogen-bond acceptors (Lipinski definition) is 8. The molecule has 2 saturated heterocycles. The van der Waals surface area contributed by atoms with Gasteiger partial charge in [0.2, 0.25) is 0 Å². The van der Waals surface area contributed by atoms with Gasteiger partial charge in [0.1, 0.15) is 17.2 Å². The van der Waals surface area contributed by atoms with Crippen LogP contribution in [-0.2, 0) is 11.2 Å². The first-order chi connectivity index (χ1) is 18.2. The van der Waals surface area contributed by atoms with Crippen LogP contribution in [0.1, 0.15) is 50.8 Å². The largest absolute Gasteiger partial charge is 0.400 e. The van der Waals surface area contributed by atoms with Gasteiger partial charge in [-0.05, 0) is 57.7 Å². The fourth-order valence-corrected chi connectivity index (χ4v) is 4.28. The summed E-state index contributed by atoms with van der Waals surface area (Å²) in [5, 5.41) is 17.0. The van der Waals surface area contributed by atoms with Crippen LogP contribution in [0.4, 0.5) is 20.4 Å². The first-order valence-corrected chi connectivity index (χ1v) is 12.7. The van der Waals surface area contributed by atoms with Crippen molar-refractivity contribution in [2.75, 3.05) is 44.0 Å². The van der Waals surface area contributed by atoms with E-state index >= 15 is 0 Å². The summed E-state index contributed by atoms with van der Waals surface area (Å²) in [6.45, 7) is 6.80. The third-order valence-electron chi connectivity index (χ3n) is 6.08. The maximum Gasteiger partial charge on any atom is 0.172 e. The number of rotatable bonds is 4. The number of piperidine rings is 1. The molecule has 0 amide bonds. The Morgan fingerprint density at radius 3 is 2.32 bits per heavy atom. The van der Waals surface area contributed by atoms with Crippen molar-refractivity contribution < 1.29 is 23.7 Å². The number of nitrogens with two attached hydrogens (primary N) is 1. The van der Waals surface area contributed by atoms with E-state index in [1.807, 2.05) is 0 Å². The highest BCUT2D eigenvalue weighted by Crippen LogP contribution is 2.28. The number of nitrogens with zero attached hydrogens (tertiary/aromatic N) is 4. The molecule has 0 bridgehead atoms. The van der Waals surface area contributed by atoms with Gasteiger partial charge in [0, 0.05) is 57.2 Å². The van der Waals surface area contributed by atoms with Crippen LogP contribution in [0.5, 0.6) is 0 Å². The molecule has 2 aliphatic heterocycles. The van der Waals surface area contributed by atoms with Crippen molar-refractivity contribution in [2.45, 2.75) is 51.6 Å². The van der Waals surface area contributed by atoms with Crippen LogP contribution in [-0.4, -0.2) is 64.2 Å². The number of anilines is 2. The highest BCUT2D eigenvalue weighted by molar-refractivity contribution is 5.79. The lowest BCUT2D eigenvalue weighted by Gasteiger charge is -2.30. The van der Waals surface area contributed by atoms with Gasteiger partial charge in [0.25, 0.3) is 0 Å². The molecular formula is C28H37F2N5O3. The summed E-state index contributed by atoms with van der Waals surface area (Å²) in [5.74, 6) is -0.195. The van der Waals surface area contributed by atoms with Gasteiger partial charge in [0.15, 0.2) is 11.6 Å². The molecule has 2 aliphatic rings. The van der Waals surface area contributed by atoms with Crippen molar-refractivity contribution >= 4 is 28.7 Å². The number of ether oxygens (including phenoxy) is 1. The zero-order chi connectivity index (χ0) is 27.7. The number of pyridine rings is 1. The molecule has 10 heteroatoms. The zero-order valence-corrected chi connectivity index (χ0v) is 22.3. The summed E-state index contributed by atoms with van der Waals surface area (Å²) in [6, 6.07) is 5.41. The van der Waals surface area contributed by atoms with E-state index in [2.05, 4.69) is 19.9 Å². The second-order valence-corrected chi connectivity index (χ2v) is 9.86. The normalized spacial score (nSPS) is 15.4. The van der Waals surface area contributed by atoms with Gasteiger partial charge in [-0.3, -0.25) is 4.98 Å². The summed E-state index contributed by atoms with van der Waals surface area (Å²) in [4.78, 5) is 15.6. The number of benzene rings is 1. The van der Waals surface area contributed by atoms with E-state index in [1.165, 1.54) is 25.0 Å². The standard InChI is InChI=1S/C23H25F2N5O.C4H8O.CH4O/c1-23(2,31)12-17-11-19-20(13-27-17)29-22(21(26)28-19)30-7-5-14(6-8-30)9-15-3-4-16(24)10-18(15)25;1-2-4-5-3-1;1-2/h3-4,9-11,13,31H,5-8,12H2,1-2H3,(H2,26,28);1-4H2;2H,1H3. The fraction of sp³-hybridized carbons (Fsp3) is 0.464. The molecule has 2 aromatic heterocycles. The molecule has 0 aliphatic carbocycles. The van der Waals surface area contributed by atoms with Gasteiger partial charge in [-0.15, -0.1) is 0 Å². The summed E-state index contributed by atoms with van der Waals surface area (Å²) in [7, 11) is 1.00. The zero-order valence-electron chi connectivity index (χ0n) is 22.3. The number of halogens is 2. The lowest BCUT2D eigenvalue weighted by Crippen LogP contribution is -2.32. The third kappa shape index (κ3) is 8.41. The lowest BCUT2D eigenvalue weighted by atomic mass is 10.0. The molecule has 0 unspecified atom stereocenters. The Labute approximate surface area is 222 Å². The van der Waals surface area contributed by atoms with E-state index in [1.54, 1.807) is 32.2 Å². The average Bonchev–Trinajstić information content (AvgIpc) is 3.47. The lowest BCUT2D eigenvalue weighted by molar-refractivity contribution is 0.0800. The first kappa shape index (κ1) is 29.3. The summed E-state index contributed by atoms with van der Waals surface area (Å²) in [6.07, 6.45) is 7.84. The van der Waals surface area contributed by atoms with E-state index in [0.29, 0.717) is 47.7 Å². The van der Waals surface area contributed by atoms with Gasteiger partial charge < -0.3 is 25.6 Å². The maximum atomic E-state index is 13.9. The van der Waals surface area contributed by atoms with Gasteiger partial charge in [-0.1, -0.05) is 11.6 Å². The van der Waals surface area contributed by atoms with E-state index in [-0.39, 0.29) is 0 Å².